The van der Waals surface area contributed by atoms with Crippen LogP contribution in [0.1, 0.15) is 11.1 Å². The number of hydrogen-bond donors (Lipinski definition) is 2. The fourth-order valence-electron chi connectivity index (χ4n) is 2.60. The Bertz CT molecular complexity index is 849. The Balaban J connectivity index is 1.71. The third-order valence-corrected chi connectivity index (χ3v) is 4.03. The standard InChI is InChI=1S/C21H20N2OS/c1-24-19-12-7-11-18(15-19)22-21(25)23-20-13-6-5-10-17(20)14-16-8-3-2-4-9-16/h2-13,15H,14H2,1H3,(H2,22,23,25). The summed E-state index contributed by atoms with van der Waals surface area (Å²) in [5.41, 5.74) is 4.36. The SMILES string of the molecule is COc1cccc(NC(=S)Nc2ccccc2Cc2ccccc2)c1. The Morgan fingerprint density at radius 2 is 1.64 bits per heavy atom. The van der Waals surface area contributed by atoms with E-state index in [1.54, 1.807) is 7.11 Å². The van der Waals surface area contributed by atoms with Crippen LogP contribution < -0.4 is 15.4 Å². The average molecular weight is 348 g/mol. The normalized spacial score (nSPS) is 10.1. The molecule has 0 aromatic heterocycles. The molecule has 3 aromatic rings. The number of thiocarbonyl (C=S) groups is 1. The van der Waals surface area contributed by atoms with E-state index in [1.807, 2.05) is 48.5 Å². The number of anilines is 2. The first-order valence-corrected chi connectivity index (χ1v) is 8.49. The highest BCUT2D eigenvalue weighted by molar-refractivity contribution is 7.80. The minimum atomic E-state index is 0.550. The number of methoxy groups -OCH3 is 1. The number of hydrogen-bond acceptors (Lipinski definition) is 2. The second-order valence-electron chi connectivity index (χ2n) is 5.63. The second-order valence-corrected chi connectivity index (χ2v) is 6.04. The van der Waals surface area contributed by atoms with E-state index in [9.17, 15) is 0 Å². The van der Waals surface area contributed by atoms with Crippen LogP contribution in [0, 0.1) is 0 Å². The van der Waals surface area contributed by atoms with Crippen LogP contribution in [-0.2, 0) is 6.42 Å². The van der Waals surface area contributed by atoms with Crippen molar-refractivity contribution in [3.8, 4) is 5.75 Å². The van der Waals surface area contributed by atoms with Gasteiger partial charge in [-0.25, -0.2) is 0 Å². The lowest BCUT2D eigenvalue weighted by atomic mass is 10.0. The van der Waals surface area contributed by atoms with Gasteiger partial charge < -0.3 is 15.4 Å². The van der Waals surface area contributed by atoms with Gasteiger partial charge in [-0.3, -0.25) is 0 Å². The zero-order valence-corrected chi connectivity index (χ0v) is 14.8. The molecule has 3 rings (SSSR count). The van der Waals surface area contributed by atoms with E-state index in [0.29, 0.717) is 5.11 Å². The van der Waals surface area contributed by atoms with Gasteiger partial charge in [0.25, 0.3) is 0 Å². The van der Waals surface area contributed by atoms with Gasteiger partial charge in [-0.15, -0.1) is 0 Å². The minimum absolute atomic E-state index is 0.550. The van der Waals surface area contributed by atoms with Gasteiger partial charge in [-0.2, -0.15) is 0 Å². The molecule has 0 aliphatic carbocycles. The van der Waals surface area contributed by atoms with E-state index in [1.165, 1.54) is 11.1 Å². The first-order valence-electron chi connectivity index (χ1n) is 8.08. The van der Waals surface area contributed by atoms with Crippen molar-refractivity contribution in [3.63, 3.8) is 0 Å². The predicted octanol–water partition coefficient (Wildman–Crippen LogP) is 5.09. The molecule has 0 radical (unpaired) electrons. The first kappa shape index (κ1) is 17.0. The number of nitrogens with one attached hydrogen (secondary N) is 2. The molecule has 0 saturated carbocycles. The maximum atomic E-state index is 5.46. The number of ether oxygens (including phenoxy) is 1. The van der Waals surface area contributed by atoms with Crippen molar-refractivity contribution in [3.05, 3.63) is 90.0 Å². The van der Waals surface area contributed by atoms with E-state index in [2.05, 4.69) is 41.0 Å². The molecule has 25 heavy (non-hydrogen) atoms. The van der Waals surface area contributed by atoms with Gasteiger partial charge in [0, 0.05) is 17.4 Å². The zero-order chi connectivity index (χ0) is 17.5. The molecule has 0 saturated heterocycles. The molecule has 0 heterocycles. The molecule has 3 aromatic carbocycles. The first-order chi connectivity index (χ1) is 12.2. The van der Waals surface area contributed by atoms with E-state index < -0.39 is 0 Å². The van der Waals surface area contributed by atoms with Crippen LogP contribution in [0.2, 0.25) is 0 Å². The quantitative estimate of drug-likeness (QED) is 0.629. The van der Waals surface area contributed by atoms with Crippen LogP contribution >= 0.6 is 12.2 Å². The summed E-state index contributed by atoms with van der Waals surface area (Å²) < 4.78 is 5.24. The topological polar surface area (TPSA) is 33.3 Å². The average Bonchev–Trinajstić information content (AvgIpc) is 2.64. The molecule has 126 valence electrons. The highest BCUT2D eigenvalue weighted by Gasteiger charge is 2.06. The Morgan fingerprint density at radius 1 is 0.880 bits per heavy atom. The Morgan fingerprint density at radius 3 is 2.44 bits per heavy atom. The lowest BCUT2D eigenvalue weighted by molar-refractivity contribution is 0.415. The van der Waals surface area contributed by atoms with Crippen LogP contribution in [0.5, 0.6) is 5.75 Å². The fraction of sp³-hybridized carbons (Fsp3) is 0.0952. The summed E-state index contributed by atoms with van der Waals surface area (Å²) in [6, 6.07) is 26.3. The monoisotopic (exact) mass is 348 g/mol. The van der Waals surface area contributed by atoms with Crippen molar-refractivity contribution in [2.24, 2.45) is 0 Å². The van der Waals surface area contributed by atoms with E-state index in [-0.39, 0.29) is 0 Å². The molecular formula is C21H20N2OS. The Labute approximate surface area is 153 Å². The summed E-state index contributed by atoms with van der Waals surface area (Å²) in [6.07, 6.45) is 0.853. The van der Waals surface area contributed by atoms with Crippen LogP contribution in [0.15, 0.2) is 78.9 Å². The lowest BCUT2D eigenvalue weighted by Gasteiger charge is -2.14. The van der Waals surface area contributed by atoms with Crippen LogP contribution in [0.25, 0.3) is 0 Å². The summed E-state index contributed by atoms with van der Waals surface area (Å²) in [5.74, 6) is 0.789. The van der Waals surface area contributed by atoms with Gasteiger partial charge in [-0.05, 0) is 48.0 Å². The molecule has 0 spiro atoms. The number of rotatable bonds is 5. The van der Waals surface area contributed by atoms with Crippen molar-refractivity contribution >= 4 is 28.7 Å². The van der Waals surface area contributed by atoms with Crippen LogP contribution in [0.4, 0.5) is 11.4 Å². The molecule has 4 heteroatoms. The van der Waals surface area contributed by atoms with Gasteiger partial charge in [0.2, 0.25) is 0 Å². The predicted molar refractivity (Wildman–Crippen MR) is 109 cm³/mol. The highest BCUT2D eigenvalue weighted by atomic mass is 32.1. The van der Waals surface area contributed by atoms with Gasteiger partial charge in [0.05, 0.1) is 7.11 Å². The summed E-state index contributed by atoms with van der Waals surface area (Å²) in [6.45, 7) is 0. The summed E-state index contributed by atoms with van der Waals surface area (Å²) >= 11 is 5.46. The van der Waals surface area contributed by atoms with Crippen molar-refractivity contribution in [2.75, 3.05) is 17.7 Å². The molecule has 0 atom stereocenters. The van der Waals surface area contributed by atoms with Gasteiger partial charge >= 0.3 is 0 Å². The highest BCUT2D eigenvalue weighted by Crippen LogP contribution is 2.21. The maximum Gasteiger partial charge on any atom is 0.175 e. The third-order valence-electron chi connectivity index (χ3n) is 3.83. The van der Waals surface area contributed by atoms with E-state index >= 15 is 0 Å². The molecular weight excluding hydrogens is 328 g/mol. The molecule has 0 aliphatic rings. The van der Waals surface area contributed by atoms with E-state index in [4.69, 9.17) is 17.0 Å². The molecule has 0 fully saturated rings. The molecule has 3 nitrogen and oxygen atoms in total. The summed E-state index contributed by atoms with van der Waals surface area (Å²) in [4.78, 5) is 0. The summed E-state index contributed by atoms with van der Waals surface area (Å²) in [7, 11) is 1.65. The molecule has 0 unspecified atom stereocenters. The smallest absolute Gasteiger partial charge is 0.175 e. The maximum absolute atomic E-state index is 5.46. The van der Waals surface area contributed by atoms with Gasteiger partial charge in [0.1, 0.15) is 5.75 Å². The minimum Gasteiger partial charge on any atom is -0.497 e. The van der Waals surface area contributed by atoms with Crippen molar-refractivity contribution in [1.29, 1.82) is 0 Å². The van der Waals surface area contributed by atoms with Crippen molar-refractivity contribution < 1.29 is 4.74 Å². The summed E-state index contributed by atoms with van der Waals surface area (Å²) in [5, 5.41) is 7.04. The lowest BCUT2D eigenvalue weighted by Crippen LogP contribution is -2.20. The molecule has 0 bridgehead atoms. The van der Waals surface area contributed by atoms with E-state index in [0.717, 1.165) is 23.5 Å². The largest absolute Gasteiger partial charge is 0.497 e. The van der Waals surface area contributed by atoms with Crippen LogP contribution in [-0.4, -0.2) is 12.2 Å². The fourth-order valence-corrected chi connectivity index (χ4v) is 2.83. The second kappa shape index (κ2) is 8.31. The van der Waals surface area contributed by atoms with Crippen molar-refractivity contribution in [1.82, 2.24) is 0 Å². The van der Waals surface area contributed by atoms with Gasteiger partial charge in [0.15, 0.2) is 5.11 Å². The Hall–Kier alpha value is -2.85. The zero-order valence-electron chi connectivity index (χ0n) is 14.0. The molecule has 0 amide bonds. The molecule has 0 aliphatic heterocycles. The Kier molecular flexibility index (Phi) is 5.65. The van der Waals surface area contributed by atoms with Crippen molar-refractivity contribution in [2.45, 2.75) is 6.42 Å². The number of benzene rings is 3. The molecule has 2 N–H and O–H groups in total. The number of para-hydroxylation sites is 1. The van der Waals surface area contributed by atoms with Crippen LogP contribution in [0.3, 0.4) is 0 Å². The van der Waals surface area contributed by atoms with Gasteiger partial charge in [-0.1, -0.05) is 54.6 Å². The third kappa shape index (κ3) is 4.81.